The molecule has 0 bridgehead atoms. The molecule has 0 aromatic carbocycles. The van der Waals surface area contributed by atoms with Crippen molar-refractivity contribution in [2.75, 3.05) is 12.3 Å². The van der Waals surface area contributed by atoms with Gasteiger partial charge in [0.1, 0.15) is 11.2 Å². The molecule has 2 aromatic rings. The highest BCUT2D eigenvalue weighted by Gasteiger charge is 2.30. The van der Waals surface area contributed by atoms with E-state index in [-0.39, 0.29) is 22.4 Å². The fraction of sp³-hybridized carbons (Fsp3) is 0.438. The predicted octanol–water partition coefficient (Wildman–Crippen LogP) is 2.32. The number of thioether (sulfide) groups is 1. The average Bonchev–Trinajstić information content (AvgIpc) is 2.95. The Balaban J connectivity index is 1.99. The van der Waals surface area contributed by atoms with Crippen molar-refractivity contribution in [2.45, 2.75) is 32.1 Å². The molecule has 1 aliphatic heterocycles. The van der Waals surface area contributed by atoms with Gasteiger partial charge in [0.05, 0.1) is 5.37 Å². The van der Waals surface area contributed by atoms with E-state index in [1.807, 2.05) is 24.0 Å². The van der Waals surface area contributed by atoms with Crippen LogP contribution in [-0.4, -0.2) is 37.9 Å². The lowest BCUT2D eigenvalue weighted by molar-refractivity contribution is 0.0754. The van der Waals surface area contributed by atoms with Crippen molar-refractivity contribution < 1.29 is 4.79 Å². The Hall–Kier alpha value is -1.82. The molecule has 0 radical (unpaired) electrons. The minimum Gasteiger partial charge on any atom is -0.326 e. The van der Waals surface area contributed by atoms with Crippen LogP contribution in [0.15, 0.2) is 29.3 Å². The normalized spacial score (nSPS) is 18.1. The van der Waals surface area contributed by atoms with E-state index in [0.29, 0.717) is 12.2 Å². The molecule has 0 N–H and O–H groups in total. The van der Waals surface area contributed by atoms with E-state index in [9.17, 15) is 9.59 Å². The number of fused-ring (bicyclic) bond motifs is 1. The highest BCUT2D eigenvalue weighted by molar-refractivity contribution is 8.00. The van der Waals surface area contributed by atoms with Gasteiger partial charge in [-0.05, 0) is 31.0 Å². The third-order valence-corrected chi connectivity index (χ3v) is 5.18. The van der Waals surface area contributed by atoms with Crippen LogP contribution in [0.1, 0.15) is 35.7 Å². The Morgan fingerprint density at radius 3 is 3.09 bits per heavy atom. The Morgan fingerprint density at radius 2 is 2.32 bits per heavy atom. The van der Waals surface area contributed by atoms with E-state index in [0.717, 1.165) is 24.2 Å². The van der Waals surface area contributed by atoms with Crippen molar-refractivity contribution in [3.63, 3.8) is 0 Å². The number of nitrogens with zero attached hydrogens (tertiary/aromatic N) is 3. The van der Waals surface area contributed by atoms with E-state index in [2.05, 4.69) is 11.9 Å². The number of carbonyl (C=O) groups is 1. The lowest BCUT2D eigenvalue weighted by Crippen LogP contribution is -2.38. The molecule has 1 atom stereocenters. The fourth-order valence-corrected chi connectivity index (χ4v) is 4.08. The summed E-state index contributed by atoms with van der Waals surface area (Å²) < 4.78 is 1.44. The maximum atomic E-state index is 12.7. The van der Waals surface area contributed by atoms with Crippen molar-refractivity contribution in [2.24, 2.45) is 0 Å². The Morgan fingerprint density at radius 1 is 1.50 bits per heavy atom. The molecule has 2 aromatic heterocycles. The predicted molar refractivity (Wildman–Crippen MR) is 88.4 cm³/mol. The minimum atomic E-state index is -0.290. The topological polar surface area (TPSA) is 54.7 Å². The summed E-state index contributed by atoms with van der Waals surface area (Å²) in [6, 6.07) is 3.68. The number of aryl methyl sites for hydroxylation is 1. The van der Waals surface area contributed by atoms with E-state index >= 15 is 0 Å². The van der Waals surface area contributed by atoms with Crippen LogP contribution in [-0.2, 0) is 0 Å². The monoisotopic (exact) mass is 317 g/mol. The number of aromatic nitrogens is 2. The fourth-order valence-electron chi connectivity index (χ4n) is 2.72. The second kappa shape index (κ2) is 6.12. The highest BCUT2D eigenvalue weighted by Crippen LogP contribution is 2.28. The van der Waals surface area contributed by atoms with Gasteiger partial charge >= 0.3 is 0 Å². The molecular weight excluding hydrogens is 298 g/mol. The zero-order chi connectivity index (χ0) is 15.7. The second-order valence-corrected chi connectivity index (χ2v) is 6.81. The zero-order valence-corrected chi connectivity index (χ0v) is 13.6. The molecular formula is C16H19N3O2S. The van der Waals surface area contributed by atoms with Crippen LogP contribution < -0.4 is 5.56 Å². The molecule has 6 heteroatoms. The molecule has 3 rings (SSSR count). The Bertz CT molecular complexity index is 772. The van der Waals surface area contributed by atoms with Gasteiger partial charge in [-0.1, -0.05) is 13.3 Å². The standard InChI is InChI=1S/C16H19N3O2S/c1-3-4-14-19(7-8-22-14)16(21)12-10-17-13-9-11(2)5-6-18(13)15(12)20/h5-6,9-10,14H,3-4,7-8H2,1-2H3/t14-/m1/s1. The maximum absolute atomic E-state index is 12.7. The average molecular weight is 317 g/mol. The van der Waals surface area contributed by atoms with E-state index in [1.54, 1.807) is 18.0 Å². The summed E-state index contributed by atoms with van der Waals surface area (Å²) in [6.07, 6.45) is 5.08. The van der Waals surface area contributed by atoms with E-state index in [1.165, 1.54) is 10.6 Å². The van der Waals surface area contributed by atoms with E-state index < -0.39 is 0 Å². The molecule has 116 valence electrons. The van der Waals surface area contributed by atoms with Gasteiger partial charge in [-0.3, -0.25) is 14.0 Å². The van der Waals surface area contributed by atoms with Crippen molar-refractivity contribution >= 4 is 23.3 Å². The smallest absolute Gasteiger partial charge is 0.270 e. The molecule has 5 nitrogen and oxygen atoms in total. The molecule has 0 saturated carbocycles. The molecule has 0 spiro atoms. The SMILES string of the molecule is CCC[C@H]1SCCN1C(=O)c1cnc2cc(C)ccn2c1=O. The summed E-state index contributed by atoms with van der Waals surface area (Å²) in [5, 5.41) is 0.176. The Labute approximate surface area is 133 Å². The third-order valence-electron chi connectivity index (χ3n) is 3.88. The molecule has 0 unspecified atom stereocenters. The van der Waals surface area contributed by atoms with Gasteiger partial charge in [0.15, 0.2) is 0 Å². The number of pyridine rings is 1. The van der Waals surface area contributed by atoms with Crippen molar-refractivity contribution in [1.29, 1.82) is 0 Å². The summed E-state index contributed by atoms with van der Waals surface area (Å²) in [7, 11) is 0. The summed E-state index contributed by atoms with van der Waals surface area (Å²) in [4.78, 5) is 31.4. The lowest BCUT2D eigenvalue weighted by Gasteiger charge is -2.23. The third kappa shape index (κ3) is 2.63. The Kier molecular flexibility index (Phi) is 4.20. The van der Waals surface area contributed by atoms with Crippen LogP contribution in [0.5, 0.6) is 0 Å². The molecule has 1 amide bonds. The largest absolute Gasteiger partial charge is 0.326 e. The maximum Gasteiger partial charge on any atom is 0.270 e. The minimum absolute atomic E-state index is 0.157. The first-order chi connectivity index (χ1) is 10.6. The van der Waals surface area contributed by atoms with Crippen molar-refractivity contribution in [3.8, 4) is 0 Å². The number of amides is 1. The van der Waals surface area contributed by atoms with Crippen molar-refractivity contribution in [1.82, 2.24) is 14.3 Å². The highest BCUT2D eigenvalue weighted by atomic mass is 32.2. The molecule has 3 heterocycles. The molecule has 0 aliphatic carbocycles. The van der Waals surface area contributed by atoms with Gasteiger partial charge < -0.3 is 4.90 Å². The number of rotatable bonds is 3. The first kappa shape index (κ1) is 15.1. The van der Waals surface area contributed by atoms with Gasteiger partial charge in [0.25, 0.3) is 11.5 Å². The number of hydrogen-bond donors (Lipinski definition) is 0. The van der Waals surface area contributed by atoms with Crippen LogP contribution in [0.2, 0.25) is 0 Å². The van der Waals surface area contributed by atoms with Crippen LogP contribution >= 0.6 is 11.8 Å². The lowest BCUT2D eigenvalue weighted by atomic mass is 10.2. The quantitative estimate of drug-likeness (QED) is 0.872. The number of hydrogen-bond acceptors (Lipinski definition) is 4. The molecule has 22 heavy (non-hydrogen) atoms. The van der Waals surface area contributed by atoms with Crippen LogP contribution in [0.25, 0.3) is 5.65 Å². The first-order valence-electron chi connectivity index (χ1n) is 7.52. The zero-order valence-electron chi connectivity index (χ0n) is 12.8. The van der Waals surface area contributed by atoms with Gasteiger partial charge in [-0.2, -0.15) is 0 Å². The number of carbonyl (C=O) groups excluding carboxylic acids is 1. The van der Waals surface area contributed by atoms with Crippen LogP contribution in [0.4, 0.5) is 0 Å². The van der Waals surface area contributed by atoms with Gasteiger partial charge in [-0.15, -0.1) is 11.8 Å². The molecule has 1 saturated heterocycles. The van der Waals surface area contributed by atoms with Gasteiger partial charge in [0.2, 0.25) is 0 Å². The van der Waals surface area contributed by atoms with Crippen molar-refractivity contribution in [3.05, 3.63) is 46.0 Å². The van der Waals surface area contributed by atoms with Gasteiger partial charge in [0, 0.05) is 24.7 Å². The van der Waals surface area contributed by atoms with Crippen LogP contribution in [0, 0.1) is 6.92 Å². The second-order valence-electron chi connectivity index (χ2n) is 5.52. The summed E-state index contributed by atoms with van der Waals surface area (Å²) >= 11 is 1.79. The molecule has 1 aliphatic rings. The molecule has 1 fully saturated rings. The summed E-state index contributed by atoms with van der Waals surface area (Å²) in [6.45, 7) is 4.75. The summed E-state index contributed by atoms with van der Waals surface area (Å²) in [5.41, 5.74) is 1.47. The summed E-state index contributed by atoms with van der Waals surface area (Å²) in [5.74, 6) is 0.730. The van der Waals surface area contributed by atoms with E-state index in [4.69, 9.17) is 0 Å². The first-order valence-corrected chi connectivity index (χ1v) is 8.57. The van der Waals surface area contributed by atoms with Crippen LogP contribution in [0.3, 0.4) is 0 Å². The van der Waals surface area contributed by atoms with Gasteiger partial charge in [-0.25, -0.2) is 4.98 Å².